The number of hydrogen-bond acceptors (Lipinski definition) is 5. The predicted octanol–water partition coefficient (Wildman–Crippen LogP) is 2.85. The van der Waals surface area contributed by atoms with Crippen LogP contribution in [0.5, 0.6) is 0 Å². The van der Waals surface area contributed by atoms with Gasteiger partial charge in [-0.3, -0.25) is 5.14 Å². The summed E-state index contributed by atoms with van der Waals surface area (Å²) in [5.74, 6) is -0.302. The average Bonchev–Trinajstić information content (AvgIpc) is 2.45. The second kappa shape index (κ2) is 6.75. The second-order valence-corrected chi connectivity index (χ2v) is 6.86. The standard InChI is InChI=1S/C15H22FN3O2S/c1-15(2,3)21-14(20)19-8-6-18(7-9-19)12-5-4-11(16)10-13(12)22-17/h4-5,10H,6-9,17H2,1-3H3. The molecular formula is C15H22FN3O2S. The molecule has 22 heavy (non-hydrogen) atoms. The summed E-state index contributed by atoms with van der Waals surface area (Å²) in [5.41, 5.74) is 0.409. The second-order valence-electron chi connectivity index (χ2n) is 6.18. The van der Waals surface area contributed by atoms with Crippen LogP contribution in [0.2, 0.25) is 0 Å². The van der Waals surface area contributed by atoms with Crippen molar-refractivity contribution in [2.24, 2.45) is 5.14 Å². The van der Waals surface area contributed by atoms with Crippen molar-refractivity contribution in [2.75, 3.05) is 31.1 Å². The quantitative estimate of drug-likeness (QED) is 0.847. The first kappa shape index (κ1) is 16.9. The van der Waals surface area contributed by atoms with E-state index >= 15 is 0 Å². The molecule has 1 aromatic rings. The van der Waals surface area contributed by atoms with Crippen molar-refractivity contribution in [3.8, 4) is 0 Å². The molecule has 1 aliphatic heterocycles. The lowest BCUT2D eigenvalue weighted by atomic mass is 10.2. The van der Waals surface area contributed by atoms with Crippen LogP contribution in [0.1, 0.15) is 20.8 Å². The molecule has 1 heterocycles. The van der Waals surface area contributed by atoms with E-state index in [1.807, 2.05) is 20.8 Å². The number of nitrogens with two attached hydrogens (primary N) is 1. The number of halogens is 1. The molecule has 0 aliphatic carbocycles. The highest BCUT2D eigenvalue weighted by Gasteiger charge is 2.26. The zero-order valence-corrected chi connectivity index (χ0v) is 14.0. The van der Waals surface area contributed by atoms with E-state index in [2.05, 4.69) is 4.90 Å². The Balaban J connectivity index is 1.99. The molecule has 1 fully saturated rings. The number of benzene rings is 1. The average molecular weight is 327 g/mol. The van der Waals surface area contributed by atoms with E-state index in [0.29, 0.717) is 31.1 Å². The molecule has 0 atom stereocenters. The Morgan fingerprint density at radius 2 is 1.91 bits per heavy atom. The van der Waals surface area contributed by atoms with E-state index in [-0.39, 0.29) is 11.9 Å². The highest BCUT2D eigenvalue weighted by molar-refractivity contribution is 7.97. The van der Waals surface area contributed by atoms with Gasteiger partial charge in [-0.2, -0.15) is 0 Å². The number of hydrogen-bond donors (Lipinski definition) is 1. The molecule has 5 nitrogen and oxygen atoms in total. The zero-order chi connectivity index (χ0) is 16.3. The van der Waals surface area contributed by atoms with E-state index in [4.69, 9.17) is 9.88 Å². The molecule has 0 saturated carbocycles. The van der Waals surface area contributed by atoms with Crippen LogP contribution in [0.3, 0.4) is 0 Å². The summed E-state index contributed by atoms with van der Waals surface area (Å²) in [7, 11) is 0. The molecule has 1 saturated heterocycles. The summed E-state index contributed by atoms with van der Waals surface area (Å²) in [6, 6.07) is 4.59. The Labute approximate surface area is 134 Å². The van der Waals surface area contributed by atoms with Gasteiger partial charge in [0.25, 0.3) is 0 Å². The first-order valence-electron chi connectivity index (χ1n) is 7.19. The fraction of sp³-hybridized carbons (Fsp3) is 0.533. The molecule has 0 unspecified atom stereocenters. The number of carbonyl (C=O) groups is 1. The largest absolute Gasteiger partial charge is 0.444 e. The lowest BCUT2D eigenvalue weighted by Gasteiger charge is -2.37. The molecular weight excluding hydrogens is 305 g/mol. The number of rotatable bonds is 2. The number of anilines is 1. The Morgan fingerprint density at radius 1 is 1.27 bits per heavy atom. The van der Waals surface area contributed by atoms with E-state index in [0.717, 1.165) is 17.6 Å². The fourth-order valence-corrected chi connectivity index (χ4v) is 2.80. The van der Waals surface area contributed by atoms with E-state index in [1.165, 1.54) is 12.1 Å². The zero-order valence-electron chi connectivity index (χ0n) is 13.1. The molecule has 0 aromatic heterocycles. The van der Waals surface area contributed by atoms with Gasteiger partial charge in [-0.25, -0.2) is 9.18 Å². The normalized spacial score (nSPS) is 15.9. The predicted molar refractivity (Wildman–Crippen MR) is 86.5 cm³/mol. The van der Waals surface area contributed by atoms with Gasteiger partial charge < -0.3 is 14.5 Å². The van der Waals surface area contributed by atoms with Crippen LogP contribution >= 0.6 is 11.9 Å². The van der Waals surface area contributed by atoms with Crippen LogP contribution < -0.4 is 10.0 Å². The third-order valence-corrected chi connectivity index (χ3v) is 3.90. The van der Waals surface area contributed by atoms with Crippen LogP contribution in [-0.2, 0) is 4.74 Å². The van der Waals surface area contributed by atoms with Crippen LogP contribution in [0.4, 0.5) is 14.9 Å². The molecule has 0 spiro atoms. The molecule has 7 heteroatoms. The van der Waals surface area contributed by atoms with Crippen molar-refractivity contribution in [3.63, 3.8) is 0 Å². The third kappa shape index (κ3) is 4.27. The number of amides is 1. The van der Waals surface area contributed by atoms with Crippen LogP contribution in [0, 0.1) is 5.82 Å². The van der Waals surface area contributed by atoms with Gasteiger partial charge >= 0.3 is 6.09 Å². The molecule has 0 radical (unpaired) electrons. The van der Waals surface area contributed by atoms with Gasteiger partial charge in [-0.05, 0) is 50.9 Å². The Hall–Kier alpha value is -1.47. The molecule has 1 amide bonds. The SMILES string of the molecule is CC(C)(C)OC(=O)N1CCN(c2ccc(F)cc2SN)CC1. The molecule has 2 rings (SSSR count). The van der Waals surface area contributed by atoms with Crippen molar-refractivity contribution < 1.29 is 13.9 Å². The lowest BCUT2D eigenvalue weighted by molar-refractivity contribution is 0.0240. The monoisotopic (exact) mass is 327 g/mol. The summed E-state index contributed by atoms with van der Waals surface area (Å²) in [6.07, 6.45) is -0.292. The summed E-state index contributed by atoms with van der Waals surface area (Å²) < 4.78 is 18.6. The number of carbonyl (C=O) groups excluding carboxylic acids is 1. The van der Waals surface area contributed by atoms with Gasteiger partial charge in [-0.1, -0.05) is 0 Å². The van der Waals surface area contributed by atoms with E-state index < -0.39 is 5.60 Å². The van der Waals surface area contributed by atoms with Gasteiger partial charge in [0.2, 0.25) is 0 Å². The fourth-order valence-electron chi connectivity index (χ4n) is 2.30. The number of piperazine rings is 1. The lowest BCUT2D eigenvalue weighted by Crippen LogP contribution is -2.50. The van der Waals surface area contributed by atoms with Gasteiger partial charge in [0.1, 0.15) is 11.4 Å². The first-order valence-corrected chi connectivity index (χ1v) is 8.07. The van der Waals surface area contributed by atoms with Crippen LogP contribution in [-0.4, -0.2) is 42.8 Å². The molecule has 0 bridgehead atoms. The van der Waals surface area contributed by atoms with Gasteiger partial charge in [-0.15, -0.1) is 0 Å². The maximum absolute atomic E-state index is 13.3. The van der Waals surface area contributed by atoms with Crippen molar-refractivity contribution in [3.05, 3.63) is 24.0 Å². The maximum atomic E-state index is 13.3. The highest BCUT2D eigenvalue weighted by atomic mass is 32.2. The smallest absolute Gasteiger partial charge is 0.410 e. The van der Waals surface area contributed by atoms with Gasteiger partial charge in [0.05, 0.1) is 5.69 Å². The van der Waals surface area contributed by atoms with Crippen LogP contribution in [0.25, 0.3) is 0 Å². The minimum absolute atomic E-state index is 0.292. The van der Waals surface area contributed by atoms with Gasteiger partial charge in [0, 0.05) is 31.1 Å². The van der Waals surface area contributed by atoms with Crippen molar-refractivity contribution in [1.82, 2.24) is 4.90 Å². The maximum Gasteiger partial charge on any atom is 0.410 e. The number of nitrogens with zero attached hydrogens (tertiary/aromatic N) is 2. The van der Waals surface area contributed by atoms with Gasteiger partial charge in [0.15, 0.2) is 0 Å². The van der Waals surface area contributed by atoms with Crippen LogP contribution in [0.15, 0.2) is 23.1 Å². The van der Waals surface area contributed by atoms with E-state index in [9.17, 15) is 9.18 Å². The van der Waals surface area contributed by atoms with Crippen molar-refractivity contribution in [2.45, 2.75) is 31.3 Å². The summed E-state index contributed by atoms with van der Waals surface area (Å²) in [4.78, 5) is 16.5. The van der Waals surface area contributed by atoms with Crippen molar-refractivity contribution in [1.29, 1.82) is 0 Å². The first-order chi connectivity index (χ1) is 10.3. The Morgan fingerprint density at radius 3 is 2.45 bits per heavy atom. The van der Waals surface area contributed by atoms with E-state index in [1.54, 1.807) is 11.0 Å². The third-order valence-electron chi connectivity index (χ3n) is 3.32. The highest BCUT2D eigenvalue weighted by Crippen LogP contribution is 2.29. The molecule has 1 aromatic carbocycles. The Kier molecular flexibility index (Phi) is 5.18. The summed E-state index contributed by atoms with van der Waals surface area (Å²) in [6.45, 7) is 8.03. The Bertz CT molecular complexity index is 540. The minimum atomic E-state index is -0.492. The summed E-state index contributed by atoms with van der Waals surface area (Å²) >= 11 is 1.03. The number of ether oxygens (including phenoxy) is 1. The molecule has 122 valence electrons. The summed E-state index contributed by atoms with van der Waals surface area (Å²) in [5, 5.41) is 5.61. The molecule has 2 N–H and O–H groups in total. The minimum Gasteiger partial charge on any atom is -0.444 e. The van der Waals surface area contributed by atoms with Crippen molar-refractivity contribution >= 4 is 23.7 Å². The molecule has 1 aliphatic rings. The topological polar surface area (TPSA) is 58.8 Å².